The van der Waals surface area contributed by atoms with Crippen LogP contribution in [-0.2, 0) is 21.6 Å². The van der Waals surface area contributed by atoms with Crippen LogP contribution in [0.3, 0.4) is 0 Å². The molecule has 1 amide bonds. The Kier molecular flexibility index (Phi) is 3.84. The number of rotatable bonds is 4. The Balaban J connectivity index is 1.98. The standard InChI is InChI=1S/C12H15FN2O3S/c1-9-2-3-11(14-5-9)7-15-6-10(4-12(15)16)8-19(13,17)18/h2-3,5,10H,4,6-8H2,1H3. The molecule has 0 aromatic carbocycles. The van der Waals surface area contributed by atoms with Crippen LogP contribution in [0.25, 0.3) is 0 Å². The highest BCUT2D eigenvalue weighted by Gasteiger charge is 2.32. The zero-order chi connectivity index (χ0) is 14.0. The van der Waals surface area contributed by atoms with Gasteiger partial charge in [-0.15, -0.1) is 3.89 Å². The number of carbonyl (C=O) groups excluding carboxylic acids is 1. The van der Waals surface area contributed by atoms with Crippen LogP contribution in [0.2, 0.25) is 0 Å². The number of nitrogens with zero attached hydrogens (tertiary/aromatic N) is 2. The lowest BCUT2D eigenvalue weighted by Gasteiger charge is -2.15. The van der Waals surface area contributed by atoms with E-state index in [1.54, 1.807) is 6.20 Å². The molecule has 0 radical (unpaired) electrons. The lowest BCUT2D eigenvalue weighted by atomic mass is 10.1. The Morgan fingerprint density at radius 2 is 2.21 bits per heavy atom. The van der Waals surface area contributed by atoms with Crippen molar-refractivity contribution in [3.63, 3.8) is 0 Å². The van der Waals surface area contributed by atoms with Gasteiger partial charge in [-0.25, -0.2) is 0 Å². The molecule has 0 bridgehead atoms. The van der Waals surface area contributed by atoms with Gasteiger partial charge in [-0.3, -0.25) is 9.78 Å². The minimum atomic E-state index is -4.53. The predicted octanol–water partition coefficient (Wildman–Crippen LogP) is 1.04. The van der Waals surface area contributed by atoms with E-state index in [-0.39, 0.29) is 18.9 Å². The number of aryl methyl sites for hydroxylation is 1. The minimum Gasteiger partial charge on any atom is -0.336 e. The maximum Gasteiger partial charge on any atom is 0.302 e. The smallest absolute Gasteiger partial charge is 0.302 e. The maximum atomic E-state index is 12.6. The van der Waals surface area contributed by atoms with E-state index in [2.05, 4.69) is 4.98 Å². The Bertz CT molecular complexity index is 571. The van der Waals surface area contributed by atoms with Gasteiger partial charge in [0.05, 0.1) is 18.0 Å². The average molecular weight is 286 g/mol. The molecule has 1 aliphatic rings. The number of amides is 1. The van der Waals surface area contributed by atoms with E-state index >= 15 is 0 Å². The van der Waals surface area contributed by atoms with Gasteiger partial charge in [-0.05, 0) is 18.6 Å². The van der Waals surface area contributed by atoms with E-state index in [0.29, 0.717) is 6.54 Å². The third-order valence-corrected chi connectivity index (χ3v) is 3.92. The molecule has 1 fully saturated rings. The van der Waals surface area contributed by atoms with Crippen LogP contribution in [0.1, 0.15) is 17.7 Å². The summed E-state index contributed by atoms with van der Waals surface area (Å²) in [7, 11) is -4.53. The Morgan fingerprint density at radius 3 is 2.79 bits per heavy atom. The molecule has 1 unspecified atom stereocenters. The van der Waals surface area contributed by atoms with Crippen molar-refractivity contribution in [2.75, 3.05) is 12.3 Å². The SMILES string of the molecule is Cc1ccc(CN2CC(CS(=O)(=O)F)CC2=O)nc1. The molecule has 19 heavy (non-hydrogen) atoms. The fourth-order valence-corrected chi connectivity index (χ4v) is 2.97. The molecule has 0 N–H and O–H groups in total. The quantitative estimate of drug-likeness (QED) is 0.776. The molecule has 0 saturated carbocycles. The summed E-state index contributed by atoms with van der Waals surface area (Å²) in [6.07, 6.45) is 1.79. The van der Waals surface area contributed by atoms with Gasteiger partial charge in [0.15, 0.2) is 0 Å². The minimum absolute atomic E-state index is 0.0784. The van der Waals surface area contributed by atoms with Crippen molar-refractivity contribution in [1.82, 2.24) is 9.88 Å². The number of hydrogen-bond donors (Lipinski definition) is 0. The Labute approximate surface area is 111 Å². The lowest BCUT2D eigenvalue weighted by Crippen LogP contribution is -2.25. The third kappa shape index (κ3) is 3.99. The van der Waals surface area contributed by atoms with Gasteiger partial charge in [0.25, 0.3) is 0 Å². The fourth-order valence-electron chi connectivity index (χ4n) is 2.19. The molecule has 0 spiro atoms. The summed E-state index contributed by atoms with van der Waals surface area (Å²) in [5.41, 5.74) is 1.76. The van der Waals surface area contributed by atoms with Crippen molar-refractivity contribution >= 4 is 16.1 Å². The molecule has 1 aromatic heterocycles. The second-order valence-electron chi connectivity index (χ2n) is 4.88. The summed E-state index contributed by atoms with van der Waals surface area (Å²) in [5, 5.41) is 0. The monoisotopic (exact) mass is 286 g/mol. The molecular formula is C12H15FN2O3S. The van der Waals surface area contributed by atoms with E-state index in [1.807, 2.05) is 19.1 Å². The molecule has 7 heteroatoms. The maximum absolute atomic E-state index is 12.6. The van der Waals surface area contributed by atoms with E-state index in [4.69, 9.17) is 0 Å². The van der Waals surface area contributed by atoms with Gasteiger partial charge in [0, 0.05) is 25.1 Å². The number of aromatic nitrogens is 1. The van der Waals surface area contributed by atoms with Gasteiger partial charge in [0.2, 0.25) is 5.91 Å². The largest absolute Gasteiger partial charge is 0.336 e. The molecule has 104 valence electrons. The van der Waals surface area contributed by atoms with Crippen molar-refractivity contribution in [1.29, 1.82) is 0 Å². The molecule has 0 aliphatic carbocycles. The zero-order valence-corrected chi connectivity index (χ0v) is 11.4. The van der Waals surface area contributed by atoms with E-state index in [1.165, 1.54) is 4.90 Å². The topological polar surface area (TPSA) is 67.3 Å². The van der Waals surface area contributed by atoms with E-state index < -0.39 is 21.9 Å². The van der Waals surface area contributed by atoms with Crippen LogP contribution in [0.15, 0.2) is 18.3 Å². The number of halogens is 1. The summed E-state index contributed by atoms with van der Waals surface area (Å²) in [5.74, 6) is -1.21. The third-order valence-electron chi connectivity index (χ3n) is 3.05. The fraction of sp³-hybridized carbons (Fsp3) is 0.500. The second kappa shape index (κ2) is 5.24. The van der Waals surface area contributed by atoms with E-state index in [0.717, 1.165) is 11.3 Å². The van der Waals surface area contributed by atoms with Crippen molar-refractivity contribution in [3.8, 4) is 0 Å². The van der Waals surface area contributed by atoms with Crippen molar-refractivity contribution in [2.24, 2.45) is 5.92 Å². The van der Waals surface area contributed by atoms with Crippen LogP contribution in [0, 0.1) is 12.8 Å². The van der Waals surface area contributed by atoms with Crippen LogP contribution >= 0.6 is 0 Å². The highest BCUT2D eigenvalue weighted by Crippen LogP contribution is 2.21. The van der Waals surface area contributed by atoms with Gasteiger partial charge in [0.1, 0.15) is 0 Å². The average Bonchev–Trinajstić information content (AvgIpc) is 2.60. The normalized spacial score (nSPS) is 20.0. The Morgan fingerprint density at radius 1 is 1.47 bits per heavy atom. The molecule has 1 saturated heterocycles. The van der Waals surface area contributed by atoms with Gasteiger partial charge in [-0.1, -0.05) is 6.07 Å². The molecular weight excluding hydrogens is 271 g/mol. The van der Waals surface area contributed by atoms with Crippen molar-refractivity contribution < 1.29 is 17.1 Å². The van der Waals surface area contributed by atoms with Crippen molar-refractivity contribution in [3.05, 3.63) is 29.6 Å². The first-order valence-electron chi connectivity index (χ1n) is 5.95. The van der Waals surface area contributed by atoms with Gasteiger partial charge >= 0.3 is 10.2 Å². The number of likely N-dealkylation sites (tertiary alicyclic amines) is 1. The first-order chi connectivity index (χ1) is 8.83. The Hall–Kier alpha value is -1.50. The van der Waals surface area contributed by atoms with Gasteiger partial charge < -0.3 is 4.90 Å². The van der Waals surface area contributed by atoms with Gasteiger partial charge in [-0.2, -0.15) is 8.42 Å². The second-order valence-corrected chi connectivity index (χ2v) is 6.29. The zero-order valence-electron chi connectivity index (χ0n) is 10.5. The summed E-state index contributed by atoms with van der Waals surface area (Å²) >= 11 is 0. The van der Waals surface area contributed by atoms with Crippen LogP contribution in [-0.4, -0.2) is 36.5 Å². The first-order valence-corrected chi connectivity index (χ1v) is 7.50. The predicted molar refractivity (Wildman–Crippen MR) is 67.4 cm³/mol. The summed E-state index contributed by atoms with van der Waals surface area (Å²) < 4.78 is 33.8. The van der Waals surface area contributed by atoms with E-state index in [9.17, 15) is 17.1 Å². The lowest BCUT2D eigenvalue weighted by molar-refractivity contribution is -0.128. The molecule has 1 aliphatic heterocycles. The van der Waals surface area contributed by atoms with Crippen LogP contribution in [0.5, 0.6) is 0 Å². The number of hydrogen-bond acceptors (Lipinski definition) is 4. The molecule has 2 heterocycles. The van der Waals surface area contributed by atoms with Crippen LogP contribution < -0.4 is 0 Å². The highest BCUT2D eigenvalue weighted by atomic mass is 32.3. The summed E-state index contributed by atoms with van der Waals surface area (Å²) in [4.78, 5) is 17.4. The number of carbonyl (C=O) groups is 1. The van der Waals surface area contributed by atoms with Crippen LogP contribution in [0.4, 0.5) is 3.89 Å². The van der Waals surface area contributed by atoms with Crippen molar-refractivity contribution in [2.45, 2.75) is 19.9 Å². The molecule has 2 rings (SSSR count). The summed E-state index contributed by atoms with van der Waals surface area (Å²) in [6.45, 7) is 2.51. The highest BCUT2D eigenvalue weighted by molar-refractivity contribution is 7.86. The molecule has 1 atom stereocenters. The first kappa shape index (κ1) is 13.9. The molecule has 1 aromatic rings. The number of pyridine rings is 1. The molecule has 5 nitrogen and oxygen atoms in total. The summed E-state index contributed by atoms with van der Waals surface area (Å²) in [6, 6.07) is 3.72.